The Hall–Kier alpha value is -0.760. The van der Waals surface area contributed by atoms with Gasteiger partial charge in [0.25, 0.3) is 0 Å². The highest BCUT2D eigenvalue weighted by Crippen LogP contribution is 2.33. The fraction of sp³-hybridized carbons (Fsp3) is 0.500. The summed E-state index contributed by atoms with van der Waals surface area (Å²) in [6, 6.07) is 0.208. The normalized spacial score (nSPS) is 32.0. The third kappa shape index (κ3) is 1.39. The van der Waals surface area contributed by atoms with Gasteiger partial charge in [-0.2, -0.15) is 0 Å². The molecule has 1 amide bonds. The van der Waals surface area contributed by atoms with Crippen molar-refractivity contribution in [1.29, 1.82) is 0 Å². The van der Waals surface area contributed by atoms with Crippen LogP contribution >= 0.6 is 11.6 Å². The van der Waals surface area contributed by atoms with Gasteiger partial charge in [-0.15, -0.1) is 0 Å². The SMILES string of the molecule is CCC1NC(=O)C2CC=C(Cl)C=C12. The molecular weight excluding hydrogens is 186 g/mol. The minimum absolute atomic E-state index is 0.0486. The molecule has 13 heavy (non-hydrogen) atoms. The van der Waals surface area contributed by atoms with E-state index in [4.69, 9.17) is 11.6 Å². The van der Waals surface area contributed by atoms with E-state index in [9.17, 15) is 4.79 Å². The molecule has 1 fully saturated rings. The van der Waals surface area contributed by atoms with Gasteiger partial charge in [0.05, 0.1) is 12.0 Å². The van der Waals surface area contributed by atoms with Crippen LogP contribution < -0.4 is 5.32 Å². The maximum atomic E-state index is 11.5. The number of rotatable bonds is 1. The lowest BCUT2D eigenvalue weighted by Gasteiger charge is -2.15. The van der Waals surface area contributed by atoms with Crippen LogP contribution in [0.4, 0.5) is 0 Å². The largest absolute Gasteiger partial charge is 0.349 e. The smallest absolute Gasteiger partial charge is 0.228 e. The lowest BCUT2D eigenvalue weighted by Crippen LogP contribution is -2.25. The standard InChI is InChI=1S/C10H12ClNO/c1-2-9-8-5-6(11)3-4-7(8)10(13)12-9/h3,5,7,9H,2,4H2,1H3,(H,12,13). The summed E-state index contributed by atoms with van der Waals surface area (Å²) in [4.78, 5) is 11.5. The molecule has 2 unspecified atom stereocenters. The molecule has 0 saturated carbocycles. The van der Waals surface area contributed by atoms with E-state index in [1.807, 2.05) is 12.2 Å². The van der Waals surface area contributed by atoms with Crippen LogP contribution in [0.15, 0.2) is 22.8 Å². The number of halogens is 1. The molecular formula is C10H12ClNO. The van der Waals surface area contributed by atoms with E-state index in [0.29, 0.717) is 0 Å². The summed E-state index contributed by atoms with van der Waals surface area (Å²) in [5.41, 5.74) is 1.17. The van der Waals surface area contributed by atoms with E-state index in [2.05, 4.69) is 12.2 Å². The van der Waals surface area contributed by atoms with E-state index in [-0.39, 0.29) is 17.9 Å². The molecule has 0 aromatic heterocycles. The maximum absolute atomic E-state index is 11.5. The Bertz CT molecular complexity index is 306. The van der Waals surface area contributed by atoms with E-state index < -0.39 is 0 Å². The third-order valence-electron chi connectivity index (χ3n) is 2.70. The van der Waals surface area contributed by atoms with E-state index >= 15 is 0 Å². The van der Waals surface area contributed by atoms with Gasteiger partial charge in [-0.05, 0) is 24.5 Å². The number of allylic oxidation sites excluding steroid dienone is 3. The highest BCUT2D eigenvalue weighted by Gasteiger charge is 2.36. The van der Waals surface area contributed by atoms with Gasteiger partial charge in [-0.3, -0.25) is 4.79 Å². The van der Waals surface area contributed by atoms with E-state index in [0.717, 1.165) is 17.9 Å². The third-order valence-corrected chi connectivity index (χ3v) is 2.96. The van der Waals surface area contributed by atoms with Crippen molar-refractivity contribution in [2.75, 3.05) is 0 Å². The Morgan fingerprint density at radius 3 is 3.15 bits per heavy atom. The van der Waals surface area contributed by atoms with Gasteiger partial charge in [0.15, 0.2) is 0 Å². The zero-order chi connectivity index (χ0) is 9.42. The number of fused-ring (bicyclic) bond motifs is 1. The Labute approximate surface area is 82.6 Å². The summed E-state index contributed by atoms with van der Waals surface area (Å²) in [5, 5.41) is 3.73. The fourth-order valence-electron chi connectivity index (χ4n) is 1.98. The van der Waals surface area contributed by atoms with Gasteiger partial charge in [-0.25, -0.2) is 0 Å². The molecule has 1 aliphatic heterocycles. The molecule has 1 saturated heterocycles. The van der Waals surface area contributed by atoms with E-state index in [1.54, 1.807) is 0 Å². The number of carbonyl (C=O) groups is 1. The first-order chi connectivity index (χ1) is 6.22. The molecule has 0 spiro atoms. The molecule has 1 aliphatic carbocycles. The number of hydrogen-bond acceptors (Lipinski definition) is 1. The Balaban J connectivity index is 2.31. The maximum Gasteiger partial charge on any atom is 0.228 e. The van der Waals surface area contributed by atoms with Crippen molar-refractivity contribution in [3.05, 3.63) is 22.8 Å². The fourth-order valence-corrected chi connectivity index (χ4v) is 2.20. The molecule has 0 radical (unpaired) electrons. The number of amides is 1. The first-order valence-electron chi connectivity index (χ1n) is 4.60. The first-order valence-corrected chi connectivity index (χ1v) is 4.97. The monoisotopic (exact) mass is 197 g/mol. The average molecular weight is 198 g/mol. The Morgan fingerprint density at radius 1 is 1.69 bits per heavy atom. The summed E-state index contributed by atoms with van der Waals surface area (Å²) in [5.74, 6) is 0.200. The summed E-state index contributed by atoms with van der Waals surface area (Å²) >= 11 is 5.90. The van der Waals surface area contributed by atoms with Crippen LogP contribution in [0.5, 0.6) is 0 Å². The lowest BCUT2D eigenvalue weighted by molar-refractivity contribution is -0.122. The zero-order valence-electron chi connectivity index (χ0n) is 7.51. The van der Waals surface area contributed by atoms with Crippen molar-refractivity contribution < 1.29 is 4.79 Å². The van der Waals surface area contributed by atoms with Crippen molar-refractivity contribution in [1.82, 2.24) is 5.32 Å². The first kappa shape index (κ1) is 8.82. The van der Waals surface area contributed by atoms with Crippen LogP contribution in [0.2, 0.25) is 0 Å². The minimum atomic E-state index is 0.0486. The van der Waals surface area contributed by atoms with Crippen molar-refractivity contribution in [2.45, 2.75) is 25.8 Å². The molecule has 3 heteroatoms. The van der Waals surface area contributed by atoms with Crippen molar-refractivity contribution in [3.63, 3.8) is 0 Å². The topological polar surface area (TPSA) is 29.1 Å². The van der Waals surface area contributed by atoms with Crippen LogP contribution in [0.1, 0.15) is 19.8 Å². The Kier molecular flexibility index (Phi) is 2.16. The van der Waals surface area contributed by atoms with Crippen LogP contribution in [0.3, 0.4) is 0 Å². The minimum Gasteiger partial charge on any atom is -0.349 e. The van der Waals surface area contributed by atoms with E-state index in [1.165, 1.54) is 5.57 Å². The molecule has 0 aromatic rings. The summed E-state index contributed by atoms with van der Waals surface area (Å²) < 4.78 is 0. The van der Waals surface area contributed by atoms with Crippen LogP contribution in [0, 0.1) is 5.92 Å². The molecule has 1 N–H and O–H groups in total. The van der Waals surface area contributed by atoms with Crippen LogP contribution in [-0.2, 0) is 4.79 Å². The predicted octanol–water partition coefficient (Wildman–Crippen LogP) is 1.96. The predicted molar refractivity (Wildman–Crippen MR) is 52.3 cm³/mol. The number of nitrogens with one attached hydrogen (secondary N) is 1. The lowest BCUT2D eigenvalue weighted by atomic mass is 9.90. The summed E-state index contributed by atoms with van der Waals surface area (Å²) in [7, 11) is 0. The van der Waals surface area contributed by atoms with Gasteiger partial charge >= 0.3 is 0 Å². The molecule has 2 atom stereocenters. The van der Waals surface area contributed by atoms with Gasteiger partial charge < -0.3 is 5.32 Å². The summed E-state index contributed by atoms with van der Waals surface area (Å²) in [6.45, 7) is 2.07. The van der Waals surface area contributed by atoms with Gasteiger partial charge in [0.2, 0.25) is 5.91 Å². The average Bonchev–Trinajstić information content (AvgIpc) is 2.42. The molecule has 70 valence electrons. The number of carbonyl (C=O) groups excluding carboxylic acids is 1. The Morgan fingerprint density at radius 2 is 2.46 bits per heavy atom. The highest BCUT2D eigenvalue weighted by molar-refractivity contribution is 6.31. The zero-order valence-corrected chi connectivity index (χ0v) is 8.27. The quantitative estimate of drug-likeness (QED) is 0.684. The molecule has 1 heterocycles. The highest BCUT2D eigenvalue weighted by atomic mass is 35.5. The second-order valence-corrected chi connectivity index (χ2v) is 3.93. The van der Waals surface area contributed by atoms with Crippen LogP contribution in [0.25, 0.3) is 0 Å². The van der Waals surface area contributed by atoms with Crippen molar-refractivity contribution >= 4 is 17.5 Å². The van der Waals surface area contributed by atoms with Gasteiger partial charge in [0.1, 0.15) is 0 Å². The molecule has 0 aromatic carbocycles. The molecule has 2 nitrogen and oxygen atoms in total. The second kappa shape index (κ2) is 3.18. The van der Waals surface area contributed by atoms with Crippen molar-refractivity contribution in [2.24, 2.45) is 5.92 Å². The molecule has 2 aliphatic rings. The van der Waals surface area contributed by atoms with Crippen molar-refractivity contribution in [3.8, 4) is 0 Å². The van der Waals surface area contributed by atoms with Gasteiger partial charge in [-0.1, -0.05) is 24.6 Å². The van der Waals surface area contributed by atoms with Gasteiger partial charge in [0, 0.05) is 5.03 Å². The second-order valence-electron chi connectivity index (χ2n) is 3.49. The number of hydrogen-bond donors (Lipinski definition) is 1. The molecule has 0 bridgehead atoms. The summed E-state index contributed by atoms with van der Waals surface area (Å²) in [6.07, 6.45) is 5.54. The molecule has 2 rings (SSSR count). The van der Waals surface area contributed by atoms with Crippen LogP contribution in [-0.4, -0.2) is 11.9 Å².